The molecule has 4 heteroatoms. The number of hydrogen-bond donors (Lipinski definition) is 0. The molecule has 0 saturated heterocycles. The number of aromatic nitrogens is 1. The summed E-state index contributed by atoms with van der Waals surface area (Å²) in [7, 11) is 0. The molecule has 0 fully saturated rings. The predicted molar refractivity (Wildman–Crippen MR) is 107 cm³/mol. The number of rotatable bonds is 4. The number of nitrogens with zero attached hydrogens (tertiary/aromatic N) is 2. The highest BCUT2D eigenvalue weighted by Crippen LogP contribution is 2.28. The van der Waals surface area contributed by atoms with Crippen LogP contribution in [0, 0.1) is 0 Å². The second-order valence-electron chi connectivity index (χ2n) is 8.78. The van der Waals surface area contributed by atoms with E-state index in [0.717, 1.165) is 18.8 Å². The summed E-state index contributed by atoms with van der Waals surface area (Å²) in [6.07, 6.45) is 3.65. The van der Waals surface area contributed by atoms with Gasteiger partial charge in [-0.15, -0.1) is 0 Å². The second-order valence-corrected chi connectivity index (χ2v) is 9.21. The molecule has 3 rings (SSSR count). The zero-order valence-corrected chi connectivity index (χ0v) is 17.0. The maximum atomic E-state index is 5.96. The topological polar surface area (TPSA) is 25.1 Å². The average molecular weight is 372 g/mol. The van der Waals surface area contributed by atoms with Crippen LogP contribution in [-0.4, -0.2) is 29.0 Å². The molecule has 1 aliphatic rings. The van der Waals surface area contributed by atoms with Crippen LogP contribution in [-0.2, 0) is 15.6 Å². The van der Waals surface area contributed by atoms with Crippen LogP contribution < -0.4 is 0 Å². The first-order valence-electron chi connectivity index (χ1n) is 9.10. The summed E-state index contributed by atoms with van der Waals surface area (Å²) < 4.78 is 8.17. The van der Waals surface area contributed by atoms with Gasteiger partial charge in [-0.05, 0) is 42.5 Å². The quantitative estimate of drug-likeness (QED) is 0.696. The molecule has 2 aromatic rings. The van der Waals surface area contributed by atoms with Crippen LogP contribution in [0.1, 0.15) is 57.5 Å². The summed E-state index contributed by atoms with van der Waals surface area (Å²) in [4.78, 5) is 4.49. The van der Waals surface area contributed by atoms with Gasteiger partial charge in [0.25, 0.3) is 0 Å². The highest BCUT2D eigenvalue weighted by Gasteiger charge is 2.33. The Morgan fingerprint density at radius 2 is 1.77 bits per heavy atom. The van der Waals surface area contributed by atoms with Crippen molar-refractivity contribution < 1.29 is 9.31 Å². The minimum absolute atomic E-state index is 0.0815. The Morgan fingerprint density at radius 3 is 2.35 bits per heavy atom. The van der Waals surface area contributed by atoms with Crippen molar-refractivity contribution in [2.45, 2.75) is 51.6 Å². The molecule has 0 amide bonds. The van der Waals surface area contributed by atoms with Crippen LogP contribution in [0.5, 0.6) is 0 Å². The number of benzene rings is 1. The van der Waals surface area contributed by atoms with Crippen molar-refractivity contribution in [3.8, 4) is 0 Å². The molecule has 138 valence electrons. The van der Waals surface area contributed by atoms with Crippen LogP contribution in [0.3, 0.4) is 0 Å². The van der Waals surface area contributed by atoms with Crippen molar-refractivity contribution in [2.24, 2.45) is 0 Å². The molecular formula is C22H28ClN2O+. The SMILES string of the molecule is CC(C)(C)c1ccc(C2C[N+](CC(C)(C)c3ccc(Cl)cn3)=CO2)cc1. The van der Waals surface area contributed by atoms with Gasteiger partial charge in [-0.25, -0.2) is 0 Å². The molecule has 2 heterocycles. The minimum atomic E-state index is -0.0879. The van der Waals surface area contributed by atoms with Gasteiger partial charge in [-0.2, -0.15) is 4.58 Å². The molecular weight excluding hydrogens is 344 g/mol. The lowest BCUT2D eigenvalue weighted by Crippen LogP contribution is -2.32. The third kappa shape index (κ3) is 4.27. The number of ether oxygens (including phenoxy) is 1. The summed E-state index contributed by atoms with van der Waals surface area (Å²) >= 11 is 5.96. The average Bonchev–Trinajstić information content (AvgIpc) is 3.02. The van der Waals surface area contributed by atoms with Crippen molar-refractivity contribution in [1.82, 2.24) is 4.98 Å². The highest BCUT2D eigenvalue weighted by molar-refractivity contribution is 6.30. The van der Waals surface area contributed by atoms with E-state index in [9.17, 15) is 0 Å². The third-order valence-electron chi connectivity index (χ3n) is 4.94. The molecule has 1 unspecified atom stereocenters. The molecule has 1 aromatic carbocycles. The van der Waals surface area contributed by atoms with Crippen LogP contribution >= 0.6 is 11.6 Å². The maximum absolute atomic E-state index is 5.96. The molecule has 3 nitrogen and oxygen atoms in total. The first kappa shape index (κ1) is 18.9. The van der Waals surface area contributed by atoms with Gasteiger partial charge in [0, 0.05) is 6.20 Å². The van der Waals surface area contributed by atoms with Gasteiger partial charge in [0.1, 0.15) is 0 Å². The van der Waals surface area contributed by atoms with Crippen LogP contribution in [0.25, 0.3) is 0 Å². The number of hydrogen-bond acceptors (Lipinski definition) is 2. The summed E-state index contributed by atoms with van der Waals surface area (Å²) in [5.41, 5.74) is 3.68. The van der Waals surface area contributed by atoms with Gasteiger partial charge in [0.15, 0.2) is 19.2 Å². The van der Waals surface area contributed by atoms with Crippen molar-refractivity contribution in [1.29, 1.82) is 0 Å². The smallest absolute Gasteiger partial charge is 0.324 e. The van der Waals surface area contributed by atoms with E-state index < -0.39 is 0 Å². The first-order valence-corrected chi connectivity index (χ1v) is 9.48. The van der Waals surface area contributed by atoms with Gasteiger partial charge < -0.3 is 4.74 Å². The molecule has 0 aliphatic carbocycles. The Bertz CT molecular complexity index is 786. The van der Waals surface area contributed by atoms with E-state index >= 15 is 0 Å². The van der Waals surface area contributed by atoms with Crippen molar-refractivity contribution in [3.05, 3.63) is 64.4 Å². The van der Waals surface area contributed by atoms with E-state index in [-0.39, 0.29) is 16.9 Å². The molecule has 0 saturated carbocycles. The second kappa shape index (κ2) is 7.03. The van der Waals surface area contributed by atoms with E-state index in [1.165, 1.54) is 11.1 Å². The lowest BCUT2D eigenvalue weighted by molar-refractivity contribution is -0.526. The van der Waals surface area contributed by atoms with E-state index in [4.69, 9.17) is 16.3 Å². The van der Waals surface area contributed by atoms with E-state index in [2.05, 4.69) is 68.4 Å². The Kier molecular flexibility index (Phi) is 5.12. The fourth-order valence-corrected chi connectivity index (χ4v) is 3.42. The fraction of sp³-hybridized carbons (Fsp3) is 0.455. The molecule has 0 bridgehead atoms. The van der Waals surface area contributed by atoms with E-state index in [1.54, 1.807) is 6.20 Å². The Morgan fingerprint density at radius 1 is 1.08 bits per heavy atom. The molecule has 1 aliphatic heterocycles. The zero-order chi connectivity index (χ0) is 18.9. The summed E-state index contributed by atoms with van der Waals surface area (Å²) in [6, 6.07) is 12.7. The standard InChI is InChI=1S/C22H28ClN2O/c1-21(2,3)17-8-6-16(7-9-17)19-13-25(15-26-19)14-22(4,5)20-11-10-18(23)12-24-20/h6-12,15,19H,13-14H2,1-5H3/q+1. The van der Waals surface area contributed by atoms with Crippen molar-refractivity contribution >= 4 is 18.0 Å². The summed E-state index contributed by atoms with van der Waals surface area (Å²) in [5, 5.41) is 0.666. The van der Waals surface area contributed by atoms with E-state index in [1.807, 2.05) is 18.5 Å². The zero-order valence-electron chi connectivity index (χ0n) is 16.3. The number of halogens is 1. The summed E-state index contributed by atoms with van der Waals surface area (Å²) in [6.45, 7) is 12.8. The van der Waals surface area contributed by atoms with Crippen LogP contribution in [0.2, 0.25) is 5.02 Å². The van der Waals surface area contributed by atoms with Crippen LogP contribution in [0.15, 0.2) is 42.6 Å². The lowest BCUT2D eigenvalue weighted by atomic mass is 9.86. The van der Waals surface area contributed by atoms with Gasteiger partial charge >= 0.3 is 6.40 Å². The number of pyridine rings is 1. The van der Waals surface area contributed by atoms with Gasteiger partial charge in [0.05, 0.1) is 16.1 Å². The molecule has 26 heavy (non-hydrogen) atoms. The van der Waals surface area contributed by atoms with Gasteiger partial charge in [0.2, 0.25) is 0 Å². The largest absolute Gasteiger partial charge is 0.435 e. The molecule has 0 radical (unpaired) electrons. The third-order valence-corrected chi connectivity index (χ3v) is 5.17. The maximum Gasteiger partial charge on any atom is 0.324 e. The van der Waals surface area contributed by atoms with E-state index in [0.29, 0.717) is 5.02 Å². The monoisotopic (exact) mass is 371 g/mol. The highest BCUT2D eigenvalue weighted by atomic mass is 35.5. The molecule has 1 aromatic heterocycles. The Hall–Kier alpha value is -1.87. The molecule has 0 N–H and O–H groups in total. The molecule has 1 atom stereocenters. The lowest BCUT2D eigenvalue weighted by Gasteiger charge is -2.21. The van der Waals surface area contributed by atoms with Gasteiger partial charge in [-0.1, -0.05) is 56.6 Å². The van der Waals surface area contributed by atoms with Crippen molar-refractivity contribution in [3.63, 3.8) is 0 Å². The molecule has 0 spiro atoms. The van der Waals surface area contributed by atoms with Crippen molar-refractivity contribution in [2.75, 3.05) is 13.1 Å². The Balaban J connectivity index is 1.65. The predicted octanol–water partition coefficient (Wildman–Crippen LogP) is 5.12. The summed E-state index contributed by atoms with van der Waals surface area (Å²) in [5.74, 6) is 0. The minimum Gasteiger partial charge on any atom is -0.435 e. The van der Waals surface area contributed by atoms with Gasteiger partial charge in [-0.3, -0.25) is 4.98 Å². The van der Waals surface area contributed by atoms with Crippen LogP contribution in [0.4, 0.5) is 0 Å². The first-order chi connectivity index (χ1) is 12.1. The Labute approximate surface area is 161 Å². The fourth-order valence-electron chi connectivity index (χ4n) is 3.31. The normalized spacial score (nSPS) is 17.8.